The number of hydrogen-bond acceptors (Lipinski definition) is 7. The van der Waals surface area contributed by atoms with E-state index in [1.54, 1.807) is 19.2 Å². The van der Waals surface area contributed by atoms with Gasteiger partial charge in [0.2, 0.25) is 15.9 Å². The second-order valence-electron chi connectivity index (χ2n) is 6.26. The number of nitrogens with zero attached hydrogens (tertiary/aromatic N) is 5. The normalized spacial score (nSPS) is 18.5. The molecule has 138 valence electrons. The monoisotopic (exact) mass is 393 g/mol. The molecular formula is C16H19N5O3S2. The van der Waals surface area contributed by atoms with E-state index in [0.717, 1.165) is 11.7 Å². The molecule has 2 heterocycles. The summed E-state index contributed by atoms with van der Waals surface area (Å²) in [7, 11) is -2.11. The summed E-state index contributed by atoms with van der Waals surface area (Å²) in [6, 6.07) is 6.92. The average Bonchev–Trinajstić information content (AvgIpc) is 3.14. The van der Waals surface area contributed by atoms with Gasteiger partial charge in [-0.3, -0.25) is 4.79 Å². The molecule has 3 rings (SSSR count). The minimum atomic E-state index is -3.75. The Balaban J connectivity index is 1.82. The van der Waals surface area contributed by atoms with Crippen molar-refractivity contribution in [2.75, 3.05) is 26.7 Å². The van der Waals surface area contributed by atoms with Crippen LogP contribution >= 0.6 is 11.7 Å². The first-order valence-electron chi connectivity index (χ1n) is 8.28. The Labute approximate surface area is 156 Å². The Bertz CT molecular complexity index is 950. The molecule has 0 N–H and O–H groups in total. The number of amides is 1. The van der Waals surface area contributed by atoms with Gasteiger partial charge in [0.05, 0.1) is 30.1 Å². The van der Waals surface area contributed by atoms with Gasteiger partial charge in [0, 0.05) is 26.7 Å². The molecule has 1 aliphatic heterocycles. The molecule has 0 saturated carbocycles. The zero-order valence-electron chi connectivity index (χ0n) is 14.3. The number of aromatic nitrogens is 2. The van der Waals surface area contributed by atoms with E-state index in [2.05, 4.69) is 8.75 Å². The summed E-state index contributed by atoms with van der Waals surface area (Å²) in [4.78, 5) is 14.2. The third kappa shape index (κ3) is 3.56. The lowest BCUT2D eigenvalue weighted by atomic mass is 9.98. The van der Waals surface area contributed by atoms with Crippen molar-refractivity contribution in [3.63, 3.8) is 0 Å². The molecule has 1 aromatic carbocycles. The quantitative estimate of drug-likeness (QED) is 0.761. The zero-order chi connectivity index (χ0) is 18.7. The van der Waals surface area contributed by atoms with Crippen molar-refractivity contribution in [2.24, 2.45) is 5.92 Å². The van der Waals surface area contributed by atoms with Crippen molar-refractivity contribution >= 4 is 38.7 Å². The highest BCUT2D eigenvalue weighted by molar-refractivity contribution is 7.89. The Morgan fingerprint density at radius 3 is 3.04 bits per heavy atom. The van der Waals surface area contributed by atoms with Crippen LogP contribution in [-0.4, -0.2) is 59.0 Å². The zero-order valence-corrected chi connectivity index (χ0v) is 16.0. The van der Waals surface area contributed by atoms with Crippen LogP contribution in [0.2, 0.25) is 0 Å². The van der Waals surface area contributed by atoms with Gasteiger partial charge in [0.1, 0.15) is 15.9 Å². The van der Waals surface area contributed by atoms with Crippen LogP contribution in [0.15, 0.2) is 23.1 Å². The van der Waals surface area contributed by atoms with Crippen LogP contribution in [0.25, 0.3) is 11.0 Å². The number of hydrogen-bond donors (Lipinski definition) is 0. The Hall–Kier alpha value is -2.09. The van der Waals surface area contributed by atoms with Gasteiger partial charge >= 0.3 is 0 Å². The largest absolute Gasteiger partial charge is 0.344 e. The van der Waals surface area contributed by atoms with Crippen molar-refractivity contribution in [2.45, 2.75) is 24.2 Å². The van der Waals surface area contributed by atoms with Crippen molar-refractivity contribution in [1.29, 1.82) is 5.26 Å². The fourth-order valence-corrected chi connectivity index (χ4v) is 5.41. The number of piperidine rings is 1. The van der Waals surface area contributed by atoms with Crippen LogP contribution in [0.5, 0.6) is 0 Å². The Kier molecular flexibility index (Phi) is 5.50. The van der Waals surface area contributed by atoms with E-state index < -0.39 is 15.9 Å². The fraction of sp³-hybridized carbons (Fsp3) is 0.500. The summed E-state index contributed by atoms with van der Waals surface area (Å²) >= 11 is 0.977. The standard InChI is InChI=1S/C16H19N5O3S2/c1-20(9-4-8-17)16(22)12-5-3-10-21(11-12)26(23,24)14-7-2-6-13-15(14)19-25-18-13/h2,6-7,12H,3-5,9-11H2,1H3/t12-/m0/s1. The lowest BCUT2D eigenvalue weighted by Crippen LogP contribution is -2.46. The maximum atomic E-state index is 13.1. The molecule has 10 heteroatoms. The second-order valence-corrected chi connectivity index (χ2v) is 8.69. The summed E-state index contributed by atoms with van der Waals surface area (Å²) < 4.78 is 35.8. The van der Waals surface area contributed by atoms with Gasteiger partial charge in [-0.2, -0.15) is 18.3 Å². The molecule has 0 aliphatic carbocycles. The van der Waals surface area contributed by atoms with Crippen molar-refractivity contribution in [3.8, 4) is 6.07 Å². The summed E-state index contributed by atoms with van der Waals surface area (Å²) in [5, 5.41) is 8.67. The maximum absolute atomic E-state index is 13.1. The number of benzene rings is 1. The Morgan fingerprint density at radius 2 is 2.27 bits per heavy atom. The first-order valence-corrected chi connectivity index (χ1v) is 10.5. The molecule has 8 nitrogen and oxygen atoms in total. The number of nitriles is 1. The van der Waals surface area contributed by atoms with Crippen LogP contribution in [0.1, 0.15) is 19.3 Å². The van der Waals surface area contributed by atoms with Gasteiger partial charge in [0.25, 0.3) is 0 Å². The van der Waals surface area contributed by atoms with Gasteiger partial charge in [0.15, 0.2) is 0 Å². The lowest BCUT2D eigenvalue weighted by Gasteiger charge is -2.33. The van der Waals surface area contributed by atoms with Gasteiger partial charge in [-0.05, 0) is 25.0 Å². The smallest absolute Gasteiger partial charge is 0.245 e. The summed E-state index contributed by atoms with van der Waals surface area (Å²) in [5.41, 5.74) is 0.925. The third-order valence-corrected chi connectivity index (χ3v) is 6.97. The van der Waals surface area contributed by atoms with Gasteiger partial charge in [-0.15, -0.1) is 0 Å². The van der Waals surface area contributed by atoms with E-state index >= 15 is 0 Å². The minimum Gasteiger partial charge on any atom is -0.344 e. The van der Waals surface area contributed by atoms with E-state index in [9.17, 15) is 13.2 Å². The SMILES string of the molecule is CN(CCC#N)C(=O)[C@H]1CCCN(S(=O)(=O)c2cccc3nsnc23)C1. The van der Waals surface area contributed by atoms with Gasteiger partial charge in [-0.1, -0.05) is 6.07 Å². The predicted octanol–water partition coefficient (Wildman–Crippen LogP) is 1.46. The molecule has 1 amide bonds. The molecule has 1 aliphatic rings. The van der Waals surface area contributed by atoms with Crippen molar-refractivity contribution in [1.82, 2.24) is 18.0 Å². The highest BCUT2D eigenvalue weighted by Crippen LogP contribution is 2.28. The highest BCUT2D eigenvalue weighted by atomic mass is 32.2. The van der Waals surface area contributed by atoms with Gasteiger partial charge < -0.3 is 4.90 Å². The van der Waals surface area contributed by atoms with Crippen molar-refractivity contribution in [3.05, 3.63) is 18.2 Å². The number of carbonyl (C=O) groups excluding carboxylic acids is 1. The topological polar surface area (TPSA) is 107 Å². The van der Waals surface area contributed by atoms with Crippen molar-refractivity contribution < 1.29 is 13.2 Å². The molecule has 1 aromatic heterocycles. The molecular weight excluding hydrogens is 374 g/mol. The lowest BCUT2D eigenvalue weighted by molar-refractivity contribution is -0.135. The number of carbonyl (C=O) groups is 1. The van der Waals surface area contributed by atoms with Crippen LogP contribution in [0.3, 0.4) is 0 Å². The molecule has 1 saturated heterocycles. The molecule has 0 spiro atoms. The first kappa shape index (κ1) is 18.7. The summed E-state index contributed by atoms with van der Waals surface area (Å²) in [6.07, 6.45) is 1.52. The van der Waals surface area contributed by atoms with Crippen LogP contribution in [0.4, 0.5) is 0 Å². The highest BCUT2D eigenvalue weighted by Gasteiger charge is 2.35. The summed E-state index contributed by atoms with van der Waals surface area (Å²) in [6.45, 7) is 0.871. The van der Waals surface area contributed by atoms with E-state index in [1.165, 1.54) is 15.3 Å². The summed E-state index contributed by atoms with van der Waals surface area (Å²) in [5.74, 6) is -0.510. The average molecular weight is 393 g/mol. The molecule has 0 radical (unpaired) electrons. The number of rotatable bonds is 5. The molecule has 0 bridgehead atoms. The van der Waals surface area contributed by atoms with Crippen LogP contribution in [0, 0.1) is 17.2 Å². The van der Waals surface area contributed by atoms with Crippen LogP contribution in [-0.2, 0) is 14.8 Å². The molecule has 1 fully saturated rings. The first-order chi connectivity index (χ1) is 12.4. The molecule has 1 atom stereocenters. The molecule has 0 unspecified atom stereocenters. The van der Waals surface area contributed by atoms with E-state index in [1.807, 2.05) is 6.07 Å². The van der Waals surface area contributed by atoms with E-state index in [-0.39, 0.29) is 23.8 Å². The Morgan fingerprint density at radius 1 is 1.46 bits per heavy atom. The molecule has 26 heavy (non-hydrogen) atoms. The maximum Gasteiger partial charge on any atom is 0.245 e. The van der Waals surface area contributed by atoms with Crippen LogP contribution < -0.4 is 0 Å². The second kappa shape index (κ2) is 7.65. The van der Waals surface area contributed by atoms with E-state index in [0.29, 0.717) is 37.0 Å². The van der Waals surface area contributed by atoms with E-state index in [4.69, 9.17) is 5.26 Å². The van der Waals surface area contributed by atoms with Gasteiger partial charge in [-0.25, -0.2) is 8.42 Å². The molecule has 2 aromatic rings. The number of fused-ring (bicyclic) bond motifs is 1. The third-order valence-electron chi connectivity index (χ3n) is 4.54. The fourth-order valence-electron chi connectivity index (χ4n) is 3.13. The predicted molar refractivity (Wildman–Crippen MR) is 96.8 cm³/mol. The minimum absolute atomic E-state index is 0.117. The number of sulfonamides is 1.